The summed E-state index contributed by atoms with van der Waals surface area (Å²) >= 11 is 0. The maximum atomic E-state index is 12.5. The third kappa shape index (κ3) is 4.38. The smallest absolute Gasteiger partial charge is 0.340 e. The Labute approximate surface area is 147 Å². The molecule has 0 atom stereocenters. The van der Waals surface area contributed by atoms with Gasteiger partial charge in [-0.15, -0.1) is 0 Å². The normalized spacial score (nSPS) is 11.0. The fourth-order valence-electron chi connectivity index (χ4n) is 2.22. The number of pyridine rings is 1. The van der Waals surface area contributed by atoms with Gasteiger partial charge in [0.15, 0.2) is 0 Å². The number of hydrogen-bond acceptors (Lipinski definition) is 3. The average molecular weight is 357 g/mol. The molecule has 4 nitrogen and oxygen atoms in total. The fourth-order valence-corrected chi connectivity index (χ4v) is 2.22. The molecule has 0 saturated carbocycles. The van der Waals surface area contributed by atoms with E-state index in [1.807, 2.05) is 30.3 Å². The molecule has 2 N–H and O–H groups in total. The molecule has 2 aromatic carbocycles. The van der Waals surface area contributed by atoms with E-state index >= 15 is 0 Å². The Morgan fingerprint density at radius 2 is 1.54 bits per heavy atom. The van der Waals surface area contributed by atoms with Crippen molar-refractivity contribution < 1.29 is 18.0 Å². The van der Waals surface area contributed by atoms with Gasteiger partial charge in [0.1, 0.15) is 5.82 Å². The summed E-state index contributed by atoms with van der Waals surface area (Å²) in [6.07, 6.45) is -3.02. The molecule has 0 unspecified atom stereocenters. The van der Waals surface area contributed by atoms with Gasteiger partial charge in [0, 0.05) is 17.6 Å². The molecule has 0 spiro atoms. The Morgan fingerprint density at radius 3 is 2.12 bits per heavy atom. The number of carbonyl (C=O) groups excluding carboxylic acids is 1. The van der Waals surface area contributed by atoms with Gasteiger partial charge in [0.05, 0.1) is 11.1 Å². The molecule has 0 aliphatic carbocycles. The second-order valence-electron chi connectivity index (χ2n) is 5.45. The first-order valence-corrected chi connectivity index (χ1v) is 7.68. The van der Waals surface area contributed by atoms with Crippen molar-refractivity contribution in [3.8, 4) is 0 Å². The van der Waals surface area contributed by atoms with Crippen LogP contribution in [0.5, 0.6) is 0 Å². The van der Waals surface area contributed by atoms with E-state index in [1.165, 1.54) is 18.3 Å². The van der Waals surface area contributed by atoms with E-state index in [4.69, 9.17) is 0 Å². The molecule has 26 heavy (non-hydrogen) atoms. The minimum absolute atomic E-state index is 0.273. The average Bonchev–Trinajstić information content (AvgIpc) is 2.63. The lowest BCUT2D eigenvalue weighted by Gasteiger charge is -2.09. The molecule has 0 bridgehead atoms. The number of benzene rings is 2. The lowest BCUT2D eigenvalue weighted by Crippen LogP contribution is -2.13. The van der Waals surface area contributed by atoms with Crippen molar-refractivity contribution in [2.45, 2.75) is 6.18 Å². The van der Waals surface area contributed by atoms with Crippen molar-refractivity contribution >= 4 is 23.1 Å². The number of rotatable bonds is 4. The summed E-state index contributed by atoms with van der Waals surface area (Å²) in [6, 6.07) is 16.9. The van der Waals surface area contributed by atoms with Crippen LogP contribution in [0.3, 0.4) is 0 Å². The van der Waals surface area contributed by atoms with Crippen LogP contribution in [0.1, 0.15) is 15.9 Å². The van der Waals surface area contributed by atoms with E-state index in [1.54, 1.807) is 12.1 Å². The molecule has 3 rings (SSSR count). The second kappa shape index (κ2) is 7.26. The van der Waals surface area contributed by atoms with E-state index in [9.17, 15) is 18.0 Å². The summed E-state index contributed by atoms with van der Waals surface area (Å²) in [5, 5.41) is 5.63. The Bertz CT molecular complexity index is 877. The molecule has 132 valence electrons. The summed E-state index contributed by atoms with van der Waals surface area (Å²) in [5.74, 6) is 0.116. The minimum Gasteiger partial charge on any atom is -0.340 e. The number of para-hydroxylation sites is 1. The Hall–Kier alpha value is -3.35. The first kappa shape index (κ1) is 17.5. The quantitative estimate of drug-likeness (QED) is 0.683. The van der Waals surface area contributed by atoms with Gasteiger partial charge in [0.25, 0.3) is 5.91 Å². The lowest BCUT2D eigenvalue weighted by atomic mass is 10.2. The van der Waals surface area contributed by atoms with Crippen LogP contribution in [0.4, 0.5) is 30.4 Å². The molecule has 1 amide bonds. The largest absolute Gasteiger partial charge is 0.416 e. The van der Waals surface area contributed by atoms with Gasteiger partial charge in [-0.05, 0) is 48.5 Å². The van der Waals surface area contributed by atoms with E-state index in [0.29, 0.717) is 11.4 Å². The summed E-state index contributed by atoms with van der Waals surface area (Å²) in [7, 11) is 0. The number of anilines is 3. The number of halogens is 3. The molecule has 0 saturated heterocycles. The van der Waals surface area contributed by atoms with Crippen LogP contribution in [-0.2, 0) is 6.18 Å². The molecule has 0 aliphatic rings. The third-order valence-corrected chi connectivity index (χ3v) is 3.54. The fraction of sp³-hybridized carbons (Fsp3) is 0.0526. The number of aromatic nitrogens is 1. The van der Waals surface area contributed by atoms with Crippen molar-refractivity contribution in [3.05, 3.63) is 84.1 Å². The molecule has 1 heterocycles. The zero-order chi connectivity index (χ0) is 18.6. The Kier molecular flexibility index (Phi) is 4.88. The topological polar surface area (TPSA) is 54.0 Å². The molecular weight excluding hydrogens is 343 g/mol. The molecule has 7 heteroatoms. The third-order valence-electron chi connectivity index (χ3n) is 3.54. The van der Waals surface area contributed by atoms with Gasteiger partial charge in [-0.2, -0.15) is 13.2 Å². The van der Waals surface area contributed by atoms with Gasteiger partial charge in [-0.1, -0.05) is 18.2 Å². The van der Waals surface area contributed by atoms with Crippen LogP contribution in [0, 0.1) is 0 Å². The van der Waals surface area contributed by atoms with Gasteiger partial charge < -0.3 is 10.6 Å². The standard InChI is InChI=1S/C19H14F3N3O/c20-19(21,22)14-7-9-16(10-8-14)25-18(26)13-6-11-17(23-12-13)24-15-4-2-1-3-5-15/h1-12H,(H,23,24)(H,25,26). The first-order chi connectivity index (χ1) is 12.4. The lowest BCUT2D eigenvalue weighted by molar-refractivity contribution is -0.137. The Balaban J connectivity index is 1.64. The van der Waals surface area contributed by atoms with Crippen molar-refractivity contribution in [2.75, 3.05) is 10.6 Å². The SMILES string of the molecule is O=C(Nc1ccc(C(F)(F)F)cc1)c1ccc(Nc2ccccc2)nc1. The number of alkyl halides is 3. The molecule has 1 aromatic heterocycles. The van der Waals surface area contributed by atoms with Crippen molar-refractivity contribution in [1.29, 1.82) is 0 Å². The molecule has 3 aromatic rings. The van der Waals surface area contributed by atoms with Gasteiger partial charge in [-0.25, -0.2) is 4.98 Å². The predicted molar refractivity (Wildman–Crippen MR) is 93.4 cm³/mol. The monoisotopic (exact) mass is 357 g/mol. The van der Waals surface area contributed by atoms with Gasteiger partial charge in [0.2, 0.25) is 0 Å². The molecular formula is C19H14F3N3O. The van der Waals surface area contributed by atoms with Crippen molar-refractivity contribution in [3.63, 3.8) is 0 Å². The maximum Gasteiger partial charge on any atom is 0.416 e. The zero-order valence-electron chi connectivity index (χ0n) is 13.4. The number of carbonyl (C=O) groups is 1. The van der Waals surface area contributed by atoms with E-state index in [2.05, 4.69) is 15.6 Å². The predicted octanol–water partition coefficient (Wildman–Crippen LogP) is 5.10. The maximum absolute atomic E-state index is 12.5. The highest BCUT2D eigenvalue weighted by Crippen LogP contribution is 2.29. The second-order valence-corrected chi connectivity index (χ2v) is 5.45. The summed E-state index contributed by atoms with van der Waals surface area (Å²) in [4.78, 5) is 16.3. The van der Waals surface area contributed by atoms with Crippen LogP contribution in [-0.4, -0.2) is 10.9 Å². The highest BCUT2D eigenvalue weighted by atomic mass is 19.4. The summed E-state index contributed by atoms with van der Waals surface area (Å²) < 4.78 is 37.6. The highest BCUT2D eigenvalue weighted by molar-refractivity contribution is 6.04. The number of nitrogens with zero attached hydrogens (tertiary/aromatic N) is 1. The van der Waals surface area contributed by atoms with Crippen molar-refractivity contribution in [1.82, 2.24) is 4.98 Å². The Morgan fingerprint density at radius 1 is 0.846 bits per heavy atom. The number of amides is 1. The number of nitrogens with one attached hydrogen (secondary N) is 2. The molecule has 0 fully saturated rings. The van der Waals surface area contributed by atoms with Crippen molar-refractivity contribution in [2.24, 2.45) is 0 Å². The summed E-state index contributed by atoms with van der Waals surface area (Å²) in [6.45, 7) is 0. The summed E-state index contributed by atoms with van der Waals surface area (Å²) in [5.41, 5.74) is 0.661. The minimum atomic E-state index is -4.41. The van der Waals surface area contributed by atoms with Gasteiger partial charge >= 0.3 is 6.18 Å². The molecule has 0 radical (unpaired) electrons. The first-order valence-electron chi connectivity index (χ1n) is 7.68. The van der Waals surface area contributed by atoms with Crippen LogP contribution in [0.15, 0.2) is 72.9 Å². The van der Waals surface area contributed by atoms with E-state index in [-0.39, 0.29) is 5.69 Å². The number of hydrogen-bond donors (Lipinski definition) is 2. The van der Waals surface area contributed by atoms with Crippen LogP contribution in [0.25, 0.3) is 0 Å². The van der Waals surface area contributed by atoms with Crippen LogP contribution >= 0.6 is 0 Å². The van der Waals surface area contributed by atoms with Crippen LogP contribution in [0.2, 0.25) is 0 Å². The van der Waals surface area contributed by atoms with E-state index in [0.717, 1.165) is 17.8 Å². The van der Waals surface area contributed by atoms with Gasteiger partial charge in [-0.3, -0.25) is 4.79 Å². The van der Waals surface area contributed by atoms with E-state index < -0.39 is 17.6 Å². The zero-order valence-corrected chi connectivity index (χ0v) is 13.4. The van der Waals surface area contributed by atoms with Crippen LogP contribution < -0.4 is 10.6 Å². The highest BCUT2D eigenvalue weighted by Gasteiger charge is 2.29. The molecule has 0 aliphatic heterocycles.